The van der Waals surface area contributed by atoms with Crippen LogP contribution in [0.5, 0.6) is 5.75 Å². The molecule has 0 saturated carbocycles. The molecular formula is C22H28N2O3. The van der Waals surface area contributed by atoms with Gasteiger partial charge in [0.05, 0.1) is 19.3 Å². The van der Waals surface area contributed by atoms with Gasteiger partial charge in [-0.25, -0.2) is 0 Å². The number of carbonyl (C=O) groups excluding carboxylic acids is 1. The van der Waals surface area contributed by atoms with Crippen LogP contribution in [0, 0.1) is 0 Å². The maximum atomic E-state index is 13.0. The lowest BCUT2D eigenvalue weighted by atomic mass is 10.0. The van der Waals surface area contributed by atoms with E-state index >= 15 is 0 Å². The predicted molar refractivity (Wildman–Crippen MR) is 106 cm³/mol. The third kappa shape index (κ3) is 4.25. The minimum absolute atomic E-state index is 0.00651. The van der Waals surface area contributed by atoms with E-state index in [9.17, 15) is 4.79 Å². The number of ether oxygens (including phenoxy) is 2. The van der Waals surface area contributed by atoms with Crippen LogP contribution in [-0.2, 0) is 9.53 Å². The Morgan fingerprint density at radius 1 is 1.04 bits per heavy atom. The maximum absolute atomic E-state index is 13.0. The average Bonchev–Trinajstić information content (AvgIpc) is 2.74. The van der Waals surface area contributed by atoms with Crippen LogP contribution in [0.3, 0.4) is 0 Å². The molecule has 1 atom stereocenters. The van der Waals surface area contributed by atoms with Gasteiger partial charge in [-0.2, -0.15) is 0 Å². The van der Waals surface area contributed by atoms with E-state index < -0.39 is 0 Å². The topological polar surface area (TPSA) is 42.0 Å². The van der Waals surface area contributed by atoms with Gasteiger partial charge in [0.1, 0.15) is 12.4 Å². The van der Waals surface area contributed by atoms with Crippen molar-refractivity contribution in [3.8, 4) is 5.75 Å². The van der Waals surface area contributed by atoms with Crippen molar-refractivity contribution in [3.63, 3.8) is 0 Å². The summed E-state index contributed by atoms with van der Waals surface area (Å²) in [5.74, 6) is 1.18. The average molecular weight is 368 g/mol. The molecule has 1 amide bonds. The van der Waals surface area contributed by atoms with Crippen molar-refractivity contribution in [1.29, 1.82) is 0 Å². The molecule has 2 saturated heterocycles. The standard InChI is InChI=1S/C22H28N2O3/c25-22(24-12-15-26-16-13-24)20-9-3-4-11-23(20)14-17-27-21-10-5-7-18-6-1-2-8-19(18)21/h1-2,5-8,10,20H,3-4,9,11-17H2. The Bertz CT molecular complexity index is 768. The Morgan fingerprint density at radius 3 is 2.74 bits per heavy atom. The van der Waals surface area contributed by atoms with Gasteiger partial charge in [-0.05, 0) is 30.8 Å². The third-order valence-corrected chi connectivity index (χ3v) is 5.61. The normalized spacial score (nSPS) is 21.3. The van der Waals surface area contributed by atoms with E-state index in [1.807, 2.05) is 29.2 Å². The van der Waals surface area contributed by atoms with Gasteiger partial charge in [-0.15, -0.1) is 0 Å². The number of amides is 1. The Morgan fingerprint density at radius 2 is 1.85 bits per heavy atom. The molecule has 144 valence electrons. The van der Waals surface area contributed by atoms with Crippen molar-refractivity contribution in [3.05, 3.63) is 42.5 Å². The van der Waals surface area contributed by atoms with Crippen molar-refractivity contribution >= 4 is 16.7 Å². The lowest BCUT2D eigenvalue weighted by Crippen LogP contribution is -2.54. The van der Waals surface area contributed by atoms with Gasteiger partial charge in [-0.3, -0.25) is 9.69 Å². The summed E-state index contributed by atoms with van der Waals surface area (Å²) in [6.45, 7) is 5.10. The first-order valence-electron chi connectivity index (χ1n) is 10.0. The number of hydrogen-bond donors (Lipinski definition) is 0. The summed E-state index contributed by atoms with van der Waals surface area (Å²) in [7, 11) is 0. The summed E-state index contributed by atoms with van der Waals surface area (Å²) in [5.41, 5.74) is 0. The Labute approximate surface area is 160 Å². The number of nitrogens with zero attached hydrogens (tertiary/aromatic N) is 2. The van der Waals surface area contributed by atoms with Gasteiger partial charge in [0.15, 0.2) is 0 Å². The summed E-state index contributed by atoms with van der Waals surface area (Å²) in [4.78, 5) is 17.2. The largest absolute Gasteiger partial charge is 0.492 e. The number of hydrogen-bond acceptors (Lipinski definition) is 4. The zero-order valence-electron chi connectivity index (χ0n) is 15.8. The summed E-state index contributed by atoms with van der Waals surface area (Å²) >= 11 is 0. The molecule has 2 aliphatic heterocycles. The number of rotatable bonds is 5. The molecule has 2 aliphatic rings. The van der Waals surface area contributed by atoms with Crippen LogP contribution in [0.25, 0.3) is 10.8 Å². The van der Waals surface area contributed by atoms with E-state index in [-0.39, 0.29) is 11.9 Å². The number of likely N-dealkylation sites (tertiary alicyclic amines) is 1. The second-order valence-electron chi connectivity index (χ2n) is 7.31. The highest BCUT2D eigenvalue weighted by Crippen LogP contribution is 2.25. The first kappa shape index (κ1) is 18.3. The molecular weight excluding hydrogens is 340 g/mol. The number of morpholine rings is 1. The smallest absolute Gasteiger partial charge is 0.240 e. The lowest BCUT2D eigenvalue weighted by molar-refractivity contribution is -0.142. The molecule has 27 heavy (non-hydrogen) atoms. The van der Waals surface area contributed by atoms with Gasteiger partial charge >= 0.3 is 0 Å². The Balaban J connectivity index is 1.37. The lowest BCUT2D eigenvalue weighted by Gasteiger charge is -2.38. The molecule has 2 heterocycles. The van der Waals surface area contributed by atoms with Crippen LogP contribution in [-0.4, -0.2) is 67.7 Å². The van der Waals surface area contributed by atoms with Gasteiger partial charge in [0, 0.05) is 25.0 Å². The first-order chi connectivity index (χ1) is 13.3. The quantitative estimate of drug-likeness (QED) is 0.814. The summed E-state index contributed by atoms with van der Waals surface area (Å²) in [6, 6.07) is 14.4. The van der Waals surface area contributed by atoms with Crippen molar-refractivity contribution in [1.82, 2.24) is 9.80 Å². The fourth-order valence-corrected chi connectivity index (χ4v) is 4.13. The van der Waals surface area contributed by atoms with E-state index in [1.54, 1.807) is 0 Å². The van der Waals surface area contributed by atoms with E-state index in [4.69, 9.17) is 9.47 Å². The summed E-state index contributed by atoms with van der Waals surface area (Å²) in [6.07, 6.45) is 3.23. The zero-order valence-corrected chi connectivity index (χ0v) is 15.8. The van der Waals surface area contributed by atoms with E-state index in [0.717, 1.165) is 56.6 Å². The van der Waals surface area contributed by atoms with Crippen LogP contribution in [0.15, 0.2) is 42.5 Å². The van der Waals surface area contributed by atoms with E-state index in [1.165, 1.54) is 5.39 Å². The molecule has 2 aromatic rings. The van der Waals surface area contributed by atoms with E-state index in [2.05, 4.69) is 23.1 Å². The molecule has 4 rings (SSSR count). The minimum atomic E-state index is -0.00651. The molecule has 0 aromatic heterocycles. The van der Waals surface area contributed by atoms with Crippen molar-refractivity contribution in [2.45, 2.75) is 25.3 Å². The van der Waals surface area contributed by atoms with E-state index in [0.29, 0.717) is 19.8 Å². The zero-order chi connectivity index (χ0) is 18.5. The second kappa shape index (κ2) is 8.72. The molecule has 2 aromatic carbocycles. The first-order valence-corrected chi connectivity index (χ1v) is 10.0. The predicted octanol–water partition coefficient (Wildman–Crippen LogP) is 2.93. The van der Waals surface area contributed by atoms with Gasteiger partial charge < -0.3 is 14.4 Å². The molecule has 0 bridgehead atoms. The summed E-state index contributed by atoms with van der Waals surface area (Å²) in [5, 5.41) is 2.33. The molecule has 0 radical (unpaired) electrons. The number of piperidine rings is 1. The Kier molecular flexibility index (Phi) is 5.90. The minimum Gasteiger partial charge on any atom is -0.492 e. The number of fused-ring (bicyclic) bond motifs is 1. The highest BCUT2D eigenvalue weighted by molar-refractivity contribution is 5.88. The molecule has 0 N–H and O–H groups in total. The highest BCUT2D eigenvalue weighted by Gasteiger charge is 2.32. The number of benzene rings is 2. The third-order valence-electron chi connectivity index (χ3n) is 5.61. The molecule has 2 fully saturated rings. The fourth-order valence-electron chi connectivity index (χ4n) is 4.13. The molecule has 0 aliphatic carbocycles. The van der Waals surface area contributed by atoms with Crippen LogP contribution in [0.1, 0.15) is 19.3 Å². The molecule has 0 spiro atoms. The van der Waals surface area contributed by atoms with Crippen LogP contribution in [0.2, 0.25) is 0 Å². The van der Waals surface area contributed by atoms with Crippen LogP contribution >= 0.6 is 0 Å². The molecule has 5 nitrogen and oxygen atoms in total. The van der Waals surface area contributed by atoms with Gasteiger partial charge in [0.25, 0.3) is 0 Å². The summed E-state index contributed by atoms with van der Waals surface area (Å²) < 4.78 is 11.5. The van der Waals surface area contributed by atoms with Crippen LogP contribution < -0.4 is 4.74 Å². The van der Waals surface area contributed by atoms with Crippen molar-refractivity contribution in [2.75, 3.05) is 46.0 Å². The molecule has 1 unspecified atom stereocenters. The maximum Gasteiger partial charge on any atom is 0.240 e. The SMILES string of the molecule is O=C(C1CCCCN1CCOc1cccc2ccccc12)N1CCOCC1. The Hall–Kier alpha value is -2.11. The second-order valence-corrected chi connectivity index (χ2v) is 7.31. The monoisotopic (exact) mass is 368 g/mol. The highest BCUT2D eigenvalue weighted by atomic mass is 16.5. The number of carbonyl (C=O) groups is 1. The molecule has 5 heteroatoms. The van der Waals surface area contributed by atoms with Gasteiger partial charge in [0.2, 0.25) is 5.91 Å². The van der Waals surface area contributed by atoms with Crippen molar-refractivity contribution < 1.29 is 14.3 Å². The van der Waals surface area contributed by atoms with Crippen LogP contribution in [0.4, 0.5) is 0 Å². The fraction of sp³-hybridized carbons (Fsp3) is 0.500. The van der Waals surface area contributed by atoms with Crippen molar-refractivity contribution in [2.24, 2.45) is 0 Å². The van der Waals surface area contributed by atoms with Gasteiger partial charge in [-0.1, -0.05) is 42.8 Å².